The van der Waals surface area contributed by atoms with E-state index in [4.69, 9.17) is 5.11 Å². The predicted molar refractivity (Wildman–Crippen MR) is 52.4 cm³/mol. The molecule has 0 atom stereocenters. The molecule has 1 aromatic carbocycles. The number of carbonyl (C=O) groups excluding carboxylic acids is 1. The van der Waals surface area contributed by atoms with Gasteiger partial charge in [0.25, 0.3) is 0 Å². The van der Waals surface area contributed by atoms with Crippen LogP contribution in [0.1, 0.15) is 28.8 Å². The second-order valence-electron chi connectivity index (χ2n) is 3.62. The first-order chi connectivity index (χ1) is 7.18. The quantitative estimate of drug-likeness (QED) is 0.600. The van der Waals surface area contributed by atoms with Gasteiger partial charge in [-0.15, -0.1) is 0 Å². The lowest BCUT2D eigenvalue weighted by molar-refractivity contribution is 0.0697. The van der Waals surface area contributed by atoms with Crippen LogP contribution in [0.15, 0.2) is 29.3 Å². The average molecular weight is 203 g/mol. The van der Waals surface area contributed by atoms with Crippen LogP contribution >= 0.6 is 0 Å². The first-order valence-corrected chi connectivity index (χ1v) is 4.61. The Balaban J connectivity index is 2.32. The smallest absolute Gasteiger partial charge is 0.335 e. The van der Waals surface area contributed by atoms with Crippen LogP contribution in [0.3, 0.4) is 0 Å². The molecule has 0 bridgehead atoms. The lowest BCUT2D eigenvalue weighted by Crippen LogP contribution is -2.03. The predicted octanol–water partition coefficient (Wildman–Crippen LogP) is 1.71. The van der Waals surface area contributed by atoms with Gasteiger partial charge < -0.3 is 5.11 Å². The van der Waals surface area contributed by atoms with Crippen LogP contribution in [0.25, 0.3) is 0 Å². The van der Waals surface area contributed by atoms with Gasteiger partial charge in [-0.25, -0.2) is 9.59 Å². The number of rotatable bonds is 3. The summed E-state index contributed by atoms with van der Waals surface area (Å²) in [5.74, 6) is -0.953. The van der Waals surface area contributed by atoms with Crippen LogP contribution in [-0.2, 0) is 10.3 Å². The van der Waals surface area contributed by atoms with Crippen molar-refractivity contribution in [1.82, 2.24) is 0 Å². The molecule has 1 aliphatic carbocycles. The molecule has 76 valence electrons. The number of carboxylic acid groups (broad SMARTS) is 1. The summed E-state index contributed by atoms with van der Waals surface area (Å²) in [6.07, 6.45) is 3.22. The fourth-order valence-corrected chi connectivity index (χ4v) is 1.59. The van der Waals surface area contributed by atoms with Crippen LogP contribution in [0.2, 0.25) is 0 Å². The highest BCUT2D eigenvalue weighted by atomic mass is 16.4. The van der Waals surface area contributed by atoms with Gasteiger partial charge in [0.15, 0.2) is 0 Å². The van der Waals surface area contributed by atoms with E-state index in [1.807, 2.05) is 0 Å². The highest BCUT2D eigenvalue weighted by Crippen LogP contribution is 2.49. The lowest BCUT2D eigenvalue weighted by atomic mass is 10.0. The molecule has 0 amide bonds. The van der Waals surface area contributed by atoms with E-state index in [0.29, 0.717) is 0 Å². The molecule has 1 aliphatic rings. The third-order valence-corrected chi connectivity index (χ3v) is 2.65. The Morgan fingerprint density at radius 2 is 1.93 bits per heavy atom. The van der Waals surface area contributed by atoms with Gasteiger partial charge >= 0.3 is 5.97 Å². The molecule has 0 aromatic heterocycles. The van der Waals surface area contributed by atoms with Gasteiger partial charge in [0, 0.05) is 0 Å². The van der Waals surface area contributed by atoms with Crippen LogP contribution in [-0.4, -0.2) is 17.2 Å². The Hall–Kier alpha value is -1.93. The van der Waals surface area contributed by atoms with Crippen LogP contribution in [0.4, 0.5) is 0 Å². The van der Waals surface area contributed by atoms with Crippen molar-refractivity contribution in [3.63, 3.8) is 0 Å². The summed E-state index contributed by atoms with van der Waals surface area (Å²) in [4.78, 5) is 24.6. The van der Waals surface area contributed by atoms with E-state index in [-0.39, 0.29) is 5.56 Å². The highest BCUT2D eigenvalue weighted by Gasteiger charge is 2.44. The molecule has 0 spiro atoms. The molecule has 1 fully saturated rings. The summed E-state index contributed by atoms with van der Waals surface area (Å²) in [6, 6.07) is 6.46. The zero-order chi connectivity index (χ0) is 10.9. The maximum Gasteiger partial charge on any atom is 0.335 e. The standard InChI is InChI=1S/C11H9NO3/c13-7-12-11(5-6-11)9-3-1-8(2-4-9)10(14)15/h1-4H,5-6H2,(H,14,15). The van der Waals surface area contributed by atoms with Gasteiger partial charge in [-0.3, -0.25) is 0 Å². The molecular weight excluding hydrogens is 194 g/mol. The van der Waals surface area contributed by atoms with Gasteiger partial charge in [0.1, 0.15) is 0 Å². The number of aromatic carboxylic acids is 1. The third-order valence-electron chi connectivity index (χ3n) is 2.65. The lowest BCUT2D eigenvalue weighted by Gasteiger charge is -2.07. The van der Waals surface area contributed by atoms with Crippen molar-refractivity contribution in [2.45, 2.75) is 18.4 Å². The van der Waals surface area contributed by atoms with E-state index in [0.717, 1.165) is 18.4 Å². The summed E-state index contributed by atoms with van der Waals surface area (Å²) >= 11 is 0. The SMILES string of the molecule is O=C=NC1(c2ccc(C(=O)O)cc2)CC1. The minimum absolute atomic E-state index is 0.240. The van der Waals surface area contributed by atoms with Crippen LogP contribution in [0.5, 0.6) is 0 Å². The summed E-state index contributed by atoms with van der Waals surface area (Å²) < 4.78 is 0. The topological polar surface area (TPSA) is 66.7 Å². The third kappa shape index (κ3) is 1.67. The van der Waals surface area contributed by atoms with Gasteiger partial charge in [0.2, 0.25) is 6.08 Å². The molecule has 0 heterocycles. The zero-order valence-corrected chi connectivity index (χ0v) is 7.93. The average Bonchev–Trinajstić information content (AvgIpc) is 3.00. The molecule has 0 radical (unpaired) electrons. The van der Waals surface area contributed by atoms with Crippen LogP contribution in [0, 0.1) is 0 Å². The first kappa shape index (κ1) is 9.62. The maximum atomic E-state index is 10.6. The Morgan fingerprint density at radius 3 is 2.33 bits per heavy atom. The Bertz CT molecular complexity index is 439. The molecule has 4 nitrogen and oxygen atoms in total. The van der Waals surface area contributed by atoms with Gasteiger partial charge in [-0.05, 0) is 30.5 Å². The number of hydrogen-bond acceptors (Lipinski definition) is 3. The Morgan fingerprint density at radius 1 is 1.33 bits per heavy atom. The molecule has 1 N–H and O–H groups in total. The number of benzene rings is 1. The number of hydrogen-bond donors (Lipinski definition) is 1. The number of nitrogens with zero attached hydrogens (tertiary/aromatic N) is 1. The number of carboxylic acids is 1. The zero-order valence-electron chi connectivity index (χ0n) is 7.93. The minimum atomic E-state index is -0.953. The number of carbonyl (C=O) groups is 1. The van der Waals surface area contributed by atoms with Crippen molar-refractivity contribution < 1.29 is 14.7 Å². The number of aliphatic imine (C=N–C) groups is 1. The van der Waals surface area contributed by atoms with Crippen molar-refractivity contribution in [2.24, 2.45) is 4.99 Å². The van der Waals surface area contributed by atoms with Crippen molar-refractivity contribution >= 4 is 12.0 Å². The monoisotopic (exact) mass is 203 g/mol. The normalized spacial score (nSPS) is 16.5. The van der Waals surface area contributed by atoms with Crippen molar-refractivity contribution in [3.05, 3.63) is 35.4 Å². The second-order valence-corrected chi connectivity index (χ2v) is 3.62. The van der Waals surface area contributed by atoms with Gasteiger partial charge in [0.05, 0.1) is 11.1 Å². The molecule has 0 aliphatic heterocycles. The van der Waals surface area contributed by atoms with E-state index >= 15 is 0 Å². The molecule has 15 heavy (non-hydrogen) atoms. The summed E-state index contributed by atoms with van der Waals surface area (Å²) in [5, 5.41) is 8.71. The molecule has 1 saturated carbocycles. The Labute approximate surface area is 86.3 Å². The molecule has 1 aromatic rings. The molecule has 0 unspecified atom stereocenters. The van der Waals surface area contributed by atoms with E-state index in [1.165, 1.54) is 12.1 Å². The molecule has 0 saturated heterocycles. The highest BCUT2D eigenvalue weighted by molar-refractivity contribution is 5.87. The van der Waals surface area contributed by atoms with E-state index in [1.54, 1.807) is 18.2 Å². The Kier molecular flexibility index (Phi) is 2.14. The van der Waals surface area contributed by atoms with Gasteiger partial charge in [-0.2, -0.15) is 4.99 Å². The van der Waals surface area contributed by atoms with Crippen LogP contribution < -0.4 is 0 Å². The van der Waals surface area contributed by atoms with E-state index in [2.05, 4.69) is 4.99 Å². The van der Waals surface area contributed by atoms with E-state index in [9.17, 15) is 9.59 Å². The fourth-order valence-electron chi connectivity index (χ4n) is 1.59. The second kappa shape index (κ2) is 3.33. The molecular formula is C11H9NO3. The maximum absolute atomic E-state index is 10.6. The summed E-state index contributed by atoms with van der Waals surface area (Å²) in [7, 11) is 0. The molecule has 4 heteroatoms. The first-order valence-electron chi connectivity index (χ1n) is 4.61. The summed E-state index contributed by atoms with van der Waals surface area (Å²) in [6.45, 7) is 0. The van der Waals surface area contributed by atoms with Crippen molar-refractivity contribution in [1.29, 1.82) is 0 Å². The summed E-state index contributed by atoms with van der Waals surface area (Å²) in [5.41, 5.74) is 0.708. The van der Waals surface area contributed by atoms with E-state index < -0.39 is 11.5 Å². The van der Waals surface area contributed by atoms with Crippen molar-refractivity contribution in [2.75, 3.05) is 0 Å². The molecule has 2 rings (SSSR count). The van der Waals surface area contributed by atoms with Crippen molar-refractivity contribution in [3.8, 4) is 0 Å². The number of isocyanates is 1. The van der Waals surface area contributed by atoms with Gasteiger partial charge in [-0.1, -0.05) is 12.1 Å². The minimum Gasteiger partial charge on any atom is -0.478 e. The largest absolute Gasteiger partial charge is 0.478 e. The fraction of sp³-hybridized carbons (Fsp3) is 0.273.